The van der Waals surface area contributed by atoms with Crippen LogP contribution in [0.2, 0.25) is 0 Å². The third-order valence-corrected chi connectivity index (χ3v) is 3.07. The van der Waals surface area contributed by atoms with Crippen LogP contribution in [0.25, 0.3) is 0 Å². The number of amides is 2. The summed E-state index contributed by atoms with van der Waals surface area (Å²) in [4.78, 5) is 12.0. The number of phenolic OH excluding ortho intramolecular Hbond substituents is 1. The number of carbonyl (C=O) groups is 1. The predicted molar refractivity (Wildman–Crippen MR) is 81.4 cm³/mol. The van der Waals surface area contributed by atoms with Crippen LogP contribution in [0.3, 0.4) is 0 Å². The van der Waals surface area contributed by atoms with Crippen LogP contribution >= 0.6 is 0 Å². The van der Waals surface area contributed by atoms with Gasteiger partial charge in [-0.25, -0.2) is 4.79 Å². The monoisotopic (exact) mass is 270 g/mol. The van der Waals surface area contributed by atoms with Gasteiger partial charge in [-0.1, -0.05) is 29.8 Å². The summed E-state index contributed by atoms with van der Waals surface area (Å²) in [6.45, 7) is 5.93. The van der Waals surface area contributed by atoms with Gasteiger partial charge in [0.15, 0.2) is 0 Å². The van der Waals surface area contributed by atoms with Crippen LogP contribution in [-0.4, -0.2) is 11.1 Å². The topological polar surface area (TPSA) is 61.4 Å². The standard InChI is InChI=1S/C16H18N2O2/c1-10-8-11(2)15(12(3)9-10)18-16(20)17-13-6-4-5-7-14(13)19/h4-9,19H,1-3H3,(H2,17,18,20). The zero-order chi connectivity index (χ0) is 14.7. The van der Waals surface area contributed by atoms with Gasteiger partial charge in [0.25, 0.3) is 0 Å². The van der Waals surface area contributed by atoms with Crippen LogP contribution in [0.5, 0.6) is 5.75 Å². The molecule has 20 heavy (non-hydrogen) atoms. The van der Waals surface area contributed by atoms with E-state index in [2.05, 4.69) is 10.6 Å². The van der Waals surface area contributed by atoms with Gasteiger partial charge in [-0.05, 0) is 44.0 Å². The van der Waals surface area contributed by atoms with Gasteiger partial charge in [0.05, 0.1) is 5.69 Å². The molecule has 0 aromatic heterocycles. The highest BCUT2D eigenvalue weighted by Gasteiger charge is 2.09. The summed E-state index contributed by atoms with van der Waals surface area (Å²) in [5.41, 5.74) is 4.35. The van der Waals surface area contributed by atoms with Gasteiger partial charge in [-0.2, -0.15) is 0 Å². The molecule has 104 valence electrons. The van der Waals surface area contributed by atoms with Crippen molar-refractivity contribution in [1.82, 2.24) is 0 Å². The molecular formula is C16H18N2O2. The number of aryl methyl sites for hydroxylation is 3. The molecule has 0 radical (unpaired) electrons. The maximum atomic E-state index is 12.0. The van der Waals surface area contributed by atoms with Crippen molar-refractivity contribution in [3.63, 3.8) is 0 Å². The number of hydrogen-bond donors (Lipinski definition) is 3. The summed E-state index contributed by atoms with van der Waals surface area (Å²) in [6, 6.07) is 10.3. The number of urea groups is 1. The molecule has 0 fully saturated rings. The molecule has 4 nitrogen and oxygen atoms in total. The Morgan fingerprint density at radius 2 is 1.60 bits per heavy atom. The van der Waals surface area contributed by atoms with Crippen LogP contribution in [0.15, 0.2) is 36.4 Å². The molecule has 0 aliphatic rings. The quantitative estimate of drug-likeness (QED) is 0.723. The summed E-state index contributed by atoms with van der Waals surface area (Å²) in [5, 5.41) is 15.1. The van der Waals surface area contributed by atoms with E-state index in [9.17, 15) is 9.90 Å². The van der Waals surface area contributed by atoms with Gasteiger partial charge in [0, 0.05) is 5.69 Å². The molecule has 0 aliphatic heterocycles. The normalized spacial score (nSPS) is 10.2. The molecule has 2 aromatic carbocycles. The molecule has 0 heterocycles. The molecular weight excluding hydrogens is 252 g/mol. The first-order valence-corrected chi connectivity index (χ1v) is 6.41. The molecule has 0 saturated heterocycles. The van der Waals surface area contributed by atoms with Gasteiger partial charge in [0.2, 0.25) is 0 Å². The first kappa shape index (κ1) is 13.9. The summed E-state index contributed by atoms with van der Waals surface area (Å²) >= 11 is 0. The molecule has 0 atom stereocenters. The molecule has 0 spiro atoms. The lowest BCUT2D eigenvalue weighted by molar-refractivity contribution is 0.262. The Balaban J connectivity index is 2.15. The highest BCUT2D eigenvalue weighted by molar-refractivity contribution is 6.01. The summed E-state index contributed by atoms with van der Waals surface area (Å²) in [5.74, 6) is 0.0417. The predicted octanol–water partition coefficient (Wildman–Crippen LogP) is 3.96. The van der Waals surface area contributed by atoms with E-state index in [-0.39, 0.29) is 11.8 Å². The van der Waals surface area contributed by atoms with Crippen molar-refractivity contribution in [2.45, 2.75) is 20.8 Å². The van der Waals surface area contributed by atoms with E-state index in [0.717, 1.165) is 22.4 Å². The maximum absolute atomic E-state index is 12.0. The van der Waals surface area contributed by atoms with E-state index in [1.807, 2.05) is 32.9 Å². The second-order valence-corrected chi connectivity index (χ2v) is 4.87. The van der Waals surface area contributed by atoms with Gasteiger partial charge in [0.1, 0.15) is 5.75 Å². The smallest absolute Gasteiger partial charge is 0.323 e. The van der Waals surface area contributed by atoms with Crippen LogP contribution < -0.4 is 10.6 Å². The molecule has 0 unspecified atom stereocenters. The fourth-order valence-corrected chi connectivity index (χ4v) is 2.22. The summed E-state index contributed by atoms with van der Waals surface area (Å²) < 4.78 is 0. The minimum absolute atomic E-state index is 0.0417. The van der Waals surface area contributed by atoms with E-state index >= 15 is 0 Å². The lowest BCUT2D eigenvalue weighted by Crippen LogP contribution is -2.20. The van der Waals surface area contributed by atoms with Crippen LogP contribution in [0.4, 0.5) is 16.2 Å². The number of rotatable bonds is 2. The Kier molecular flexibility index (Phi) is 3.94. The SMILES string of the molecule is Cc1cc(C)c(NC(=O)Nc2ccccc2O)c(C)c1. The largest absolute Gasteiger partial charge is 0.506 e. The Hall–Kier alpha value is -2.49. The Bertz CT molecular complexity index is 628. The Morgan fingerprint density at radius 1 is 1.00 bits per heavy atom. The van der Waals surface area contributed by atoms with Crippen molar-refractivity contribution >= 4 is 17.4 Å². The van der Waals surface area contributed by atoms with Crippen molar-refractivity contribution in [2.75, 3.05) is 10.6 Å². The number of carbonyl (C=O) groups excluding carboxylic acids is 1. The van der Waals surface area contributed by atoms with Crippen molar-refractivity contribution in [3.05, 3.63) is 53.1 Å². The van der Waals surface area contributed by atoms with Crippen LogP contribution in [0.1, 0.15) is 16.7 Å². The molecule has 2 rings (SSSR count). The zero-order valence-electron chi connectivity index (χ0n) is 11.8. The van der Waals surface area contributed by atoms with Gasteiger partial charge < -0.3 is 15.7 Å². The average molecular weight is 270 g/mol. The molecule has 2 amide bonds. The molecule has 4 heteroatoms. The first-order chi connectivity index (χ1) is 9.47. The number of aromatic hydroxyl groups is 1. The highest BCUT2D eigenvalue weighted by Crippen LogP contribution is 2.24. The summed E-state index contributed by atoms with van der Waals surface area (Å²) in [6.07, 6.45) is 0. The zero-order valence-corrected chi connectivity index (χ0v) is 11.8. The third kappa shape index (κ3) is 3.09. The lowest BCUT2D eigenvalue weighted by atomic mass is 10.1. The molecule has 0 saturated carbocycles. The fourth-order valence-electron chi connectivity index (χ4n) is 2.22. The fraction of sp³-hybridized carbons (Fsp3) is 0.188. The van der Waals surface area contributed by atoms with Gasteiger partial charge in [-0.15, -0.1) is 0 Å². The van der Waals surface area contributed by atoms with E-state index in [4.69, 9.17) is 0 Å². The molecule has 0 aliphatic carbocycles. The minimum atomic E-state index is -0.374. The van der Waals surface area contributed by atoms with Crippen molar-refractivity contribution in [1.29, 1.82) is 0 Å². The van der Waals surface area contributed by atoms with Gasteiger partial charge in [-0.3, -0.25) is 0 Å². The van der Waals surface area contributed by atoms with Crippen LogP contribution in [-0.2, 0) is 0 Å². The number of anilines is 2. The lowest BCUT2D eigenvalue weighted by Gasteiger charge is -2.14. The van der Waals surface area contributed by atoms with E-state index < -0.39 is 0 Å². The number of nitrogens with one attached hydrogen (secondary N) is 2. The Labute approximate surface area is 118 Å². The number of para-hydroxylation sites is 2. The number of hydrogen-bond acceptors (Lipinski definition) is 2. The number of phenols is 1. The Morgan fingerprint density at radius 3 is 2.20 bits per heavy atom. The first-order valence-electron chi connectivity index (χ1n) is 6.41. The van der Waals surface area contributed by atoms with E-state index in [1.54, 1.807) is 18.2 Å². The minimum Gasteiger partial charge on any atom is -0.506 e. The molecule has 0 bridgehead atoms. The maximum Gasteiger partial charge on any atom is 0.323 e. The van der Waals surface area contributed by atoms with Crippen molar-refractivity contribution < 1.29 is 9.90 Å². The van der Waals surface area contributed by atoms with Crippen molar-refractivity contribution in [2.24, 2.45) is 0 Å². The second-order valence-electron chi connectivity index (χ2n) is 4.87. The average Bonchev–Trinajstić information content (AvgIpc) is 2.36. The summed E-state index contributed by atoms with van der Waals surface area (Å²) in [7, 11) is 0. The van der Waals surface area contributed by atoms with Crippen LogP contribution in [0, 0.1) is 20.8 Å². The molecule has 3 N–H and O–H groups in total. The van der Waals surface area contributed by atoms with Crippen molar-refractivity contribution in [3.8, 4) is 5.75 Å². The van der Waals surface area contributed by atoms with E-state index in [0.29, 0.717) is 5.69 Å². The van der Waals surface area contributed by atoms with E-state index in [1.165, 1.54) is 6.07 Å². The molecule has 2 aromatic rings. The third-order valence-electron chi connectivity index (χ3n) is 3.07. The highest BCUT2D eigenvalue weighted by atomic mass is 16.3. The van der Waals surface area contributed by atoms with Gasteiger partial charge >= 0.3 is 6.03 Å². The number of benzene rings is 2. The second kappa shape index (κ2) is 5.65.